The lowest BCUT2D eigenvalue weighted by atomic mass is 9.51. The van der Waals surface area contributed by atoms with Crippen LogP contribution < -0.4 is 0 Å². The van der Waals surface area contributed by atoms with Crippen molar-refractivity contribution in [2.24, 2.45) is 23.7 Å². The lowest BCUT2D eigenvalue weighted by Crippen LogP contribution is -2.49. The van der Waals surface area contributed by atoms with Crippen molar-refractivity contribution < 1.29 is 66.5 Å². The van der Waals surface area contributed by atoms with E-state index in [2.05, 4.69) is 41.5 Å². The molecule has 3 saturated carbocycles. The van der Waals surface area contributed by atoms with Gasteiger partial charge in [-0.15, -0.1) is 0 Å². The average molecular weight is 897 g/mol. The van der Waals surface area contributed by atoms with Gasteiger partial charge in [-0.3, -0.25) is 0 Å². The van der Waals surface area contributed by atoms with Gasteiger partial charge in [-0.05, 0) is 181 Å². The summed E-state index contributed by atoms with van der Waals surface area (Å²) in [6.07, 6.45) is 9.04. The first-order valence-electron chi connectivity index (χ1n) is 24.5. The topological polar surface area (TPSA) is 180 Å². The second-order valence-corrected chi connectivity index (χ2v) is 21.6. The van der Waals surface area contributed by atoms with Gasteiger partial charge in [0, 0.05) is 0 Å². The van der Waals surface area contributed by atoms with Gasteiger partial charge in [0.15, 0.2) is 0 Å². The quantitative estimate of drug-likeness (QED) is 0.0306. The first-order chi connectivity index (χ1) is 30.3. The number of fused-ring (bicyclic) bond motifs is 4. The molecule has 9 fully saturated rings. The van der Waals surface area contributed by atoms with E-state index >= 15 is 0 Å². The molecule has 14 nitrogen and oxygen atoms in total. The van der Waals surface area contributed by atoms with E-state index in [-0.39, 0.29) is 96.6 Å². The first kappa shape index (κ1) is 46.2. The molecular formula is C50H72O14. The molecule has 0 N–H and O–H groups in total. The number of esters is 4. The highest BCUT2D eigenvalue weighted by Crippen LogP contribution is 2.68. The molecule has 0 aromatic carbocycles. The van der Waals surface area contributed by atoms with Gasteiger partial charge in [0.25, 0.3) is 0 Å². The van der Waals surface area contributed by atoms with Crippen molar-refractivity contribution in [3.8, 4) is 0 Å². The summed E-state index contributed by atoms with van der Waals surface area (Å²) in [6, 6.07) is 0. The highest BCUT2D eigenvalue weighted by atomic mass is 16.6. The molecule has 0 spiro atoms. The van der Waals surface area contributed by atoms with E-state index in [4.69, 9.17) is 47.4 Å². The Bertz CT molecular complexity index is 1790. The number of allylic oxidation sites excluding steroid dienone is 2. The molecule has 0 aromatic heterocycles. The highest BCUT2D eigenvalue weighted by molar-refractivity contribution is 6.16. The highest BCUT2D eigenvalue weighted by Gasteiger charge is 2.70. The number of hydrogen-bond acceptors (Lipinski definition) is 14. The molecule has 0 radical (unpaired) electrons. The molecule has 6 aliphatic heterocycles. The lowest BCUT2D eigenvalue weighted by Gasteiger charge is -2.51. The van der Waals surface area contributed by atoms with Gasteiger partial charge in [-0.25, -0.2) is 19.2 Å². The zero-order valence-electron chi connectivity index (χ0n) is 39.8. The van der Waals surface area contributed by atoms with Crippen molar-refractivity contribution in [3.63, 3.8) is 0 Å². The van der Waals surface area contributed by atoms with Crippen LogP contribution in [0.4, 0.5) is 0 Å². The van der Waals surface area contributed by atoms with Gasteiger partial charge in [0.2, 0.25) is 0 Å². The summed E-state index contributed by atoms with van der Waals surface area (Å²) in [5.74, 6) is -4.71. The molecule has 14 unspecified atom stereocenters. The molecule has 356 valence electrons. The van der Waals surface area contributed by atoms with Crippen molar-refractivity contribution in [1.82, 2.24) is 0 Å². The Hall–Kier alpha value is -2.88. The number of hydrogen-bond donors (Lipinski definition) is 0. The zero-order valence-corrected chi connectivity index (χ0v) is 39.8. The summed E-state index contributed by atoms with van der Waals surface area (Å²) in [5.41, 5.74) is -0.483. The molecule has 0 bridgehead atoms. The minimum absolute atomic E-state index is 0.0698. The molecule has 6 saturated heterocycles. The van der Waals surface area contributed by atoms with Crippen LogP contribution in [0.1, 0.15) is 146 Å². The Balaban J connectivity index is 1.05. The Morgan fingerprint density at radius 1 is 0.453 bits per heavy atom. The number of ether oxygens (including phenoxy) is 10. The minimum atomic E-state index is -0.728. The van der Waals surface area contributed by atoms with Crippen molar-refractivity contribution in [1.29, 1.82) is 0 Å². The van der Waals surface area contributed by atoms with Crippen LogP contribution in [-0.4, -0.2) is 121 Å². The summed E-state index contributed by atoms with van der Waals surface area (Å²) in [6.45, 7) is 20.0. The van der Waals surface area contributed by atoms with Crippen LogP contribution in [0.5, 0.6) is 0 Å². The molecule has 14 atom stereocenters. The van der Waals surface area contributed by atoms with Crippen molar-refractivity contribution in [2.75, 3.05) is 26.4 Å². The van der Waals surface area contributed by atoms with Crippen LogP contribution in [-0.2, 0) is 66.5 Å². The summed E-state index contributed by atoms with van der Waals surface area (Å²) >= 11 is 0. The van der Waals surface area contributed by atoms with Gasteiger partial charge < -0.3 is 47.4 Å². The number of carbonyl (C=O) groups excluding carboxylic acids is 4. The predicted molar refractivity (Wildman–Crippen MR) is 230 cm³/mol. The van der Waals surface area contributed by atoms with Crippen LogP contribution >= 0.6 is 0 Å². The standard InChI is InChI=1S/C50H72O14/c1-11-55-41(51)39(42(52)56-12-2)37-27-23-35-50(63-35,22-18-34-48(10,62-34)20-16-32-46(7,8)60-32)26-30(27)38(40(43(53)57-13-3)44(54)58-14-4)28-24-36-49(64-36,25-29(28)37)21-17-33-47(9,61-33)19-15-31-45(5,6)59-31/h27-36H,11-26H2,1-10H3. The molecule has 9 rings (SSSR count). The maximum atomic E-state index is 14.2. The molecule has 3 aliphatic carbocycles. The smallest absolute Gasteiger partial charge is 0.345 e. The predicted octanol–water partition coefficient (Wildman–Crippen LogP) is 6.96. The van der Waals surface area contributed by atoms with Gasteiger partial charge in [-0.2, -0.15) is 0 Å². The van der Waals surface area contributed by atoms with Gasteiger partial charge in [-0.1, -0.05) is 0 Å². The molecule has 6 heterocycles. The Labute approximate surface area is 378 Å². The second-order valence-electron chi connectivity index (χ2n) is 21.6. The molecule has 64 heavy (non-hydrogen) atoms. The normalized spacial score (nSPS) is 41.8. The molecule has 0 amide bonds. The zero-order chi connectivity index (χ0) is 45.8. The van der Waals surface area contributed by atoms with Crippen molar-refractivity contribution >= 4 is 23.9 Å². The summed E-state index contributed by atoms with van der Waals surface area (Å²) in [4.78, 5) is 56.9. The van der Waals surface area contributed by atoms with E-state index in [1.54, 1.807) is 27.7 Å². The molecule has 9 aliphatic rings. The van der Waals surface area contributed by atoms with Crippen molar-refractivity contribution in [3.05, 3.63) is 22.3 Å². The molecule has 0 aromatic rings. The van der Waals surface area contributed by atoms with E-state index in [0.29, 0.717) is 36.8 Å². The maximum absolute atomic E-state index is 14.2. The van der Waals surface area contributed by atoms with Gasteiger partial charge in [0.05, 0.1) is 96.7 Å². The fraction of sp³-hybridized carbons (Fsp3) is 0.840. The van der Waals surface area contributed by atoms with Crippen LogP contribution in [0.15, 0.2) is 22.3 Å². The summed E-state index contributed by atoms with van der Waals surface area (Å²) in [7, 11) is 0. The summed E-state index contributed by atoms with van der Waals surface area (Å²) < 4.78 is 60.5. The molecular weight excluding hydrogens is 825 g/mol. The largest absolute Gasteiger partial charge is 0.462 e. The second kappa shape index (κ2) is 16.4. The molecule has 14 heteroatoms. The minimum Gasteiger partial charge on any atom is -0.462 e. The van der Waals surface area contributed by atoms with Gasteiger partial charge in [0.1, 0.15) is 11.1 Å². The lowest BCUT2D eigenvalue weighted by molar-refractivity contribution is -0.149. The third-order valence-electron chi connectivity index (χ3n) is 16.8. The number of epoxide rings is 6. The van der Waals surface area contributed by atoms with E-state index in [0.717, 1.165) is 51.4 Å². The van der Waals surface area contributed by atoms with Crippen LogP contribution in [0.25, 0.3) is 0 Å². The van der Waals surface area contributed by atoms with Gasteiger partial charge >= 0.3 is 23.9 Å². The van der Waals surface area contributed by atoms with Crippen LogP contribution in [0, 0.1) is 23.7 Å². The van der Waals surface area contributed by atoms with Crippen LogP contribution in [0.2, 0.25) is 0 Å². The third kappa shape index (κ3) is 8.52. The number of carbonyl (C=O) groups is 4. The SMILES string of the molecule is CCOC(=O)C(C(=O)OCC)=C1C2CC3OC3(CCC3OC3(C)CCC3OC3(C)C)CC2C(=C(C(=O)OCC)C(=O)OCC)C2CC3OC3(CCC3OC3(C)CCC3OC3(C)C)CC12. The summed E-state index contributed by atoms with van der Waals surface area (Å²) in [5, 5.41) is 0. The fourth-order valence-electron chi connectivity index (χ4n) is 12.7. The van der Waals surface area contributed by atoms with E-state index < -0.39 is 58.8 Å². The van der Waals surface area contributed by atoms with Crippen LogP contribution in [0.3, 0.4) is 0 Å². The Morgan fingerprint density at radius 3 is 1.06 bits per heavy atom. The first-order valence-corrected chi connectivity index (χ1v) is 24.5. The maximum Gasteiger partial charge on any atom is 0.345 e. The average Bonchev–Trinajstić information content (AvgIpc) is 3.95. The monoisotopic (exact) mass is 896 g/mol. The Morgan fingerprint density at radius 2 is 0.766 bits per heavy atom. The van der Waals surface area contributed by atoms with Crippen molar-refractivity contribution in [2.45, 2.75) is 217 Å². The fourth-order valence-corrected chi connectivity index (χ4v) is 12.7. The third-order valence-corrected chi connectivity index (χ3v) is 16.8. The number of rotatable bonds is 20. The Kier molecular flexibility index (Phi) is 11.9. The van der Waals surface area contributed by atoms with E-state index in [1.165, 1.54) is 0 Å². The van der Waals surface area contributed by atoms with E-state index in [9.17, 15) is 19.2 Å². The van der Waals surface area contributed by atoms with E-state index in [1.807, 2.05) is 0 Å².